The third kappa shape index (κ3) is 2.71. The van der Waals surface area contributed by atoms with Crippen LogP contribution in [0.25, 0.3) is 4.85 Å². The maximum Gasteiger partial charge on any atom is 0.227 e. The fourth-order valence-corrected chi connectivity index (χ4v) is 4.54. The Hall–Kier alpha value is -3.07. The summed E-state index contributed by atoms with van der Waals surface area (Å²) in [5, 5.41) is 3.24. The molecule has 2 aliphatic rings. The molecule has 27 heavy (non-hydrogen) atoms. The third-order valence-electron chi connectivity index (χ3n) is 5.96. The number of rotatable bonds is 2. The number of nitrogens with one attached hydrogen (secondary N) is 1. The summed E-state index contributed by atoms with van der Waals surface area (Å²) in [6.07, 6.45) is 7.03. The van der Waals surface area contributed by atoms with Crippen LogP contribution < -0.4 is 5.32 Å². The number of fused-ring (bicyclic) bond motifs is 3. The summed E-state index contributed by atoms with van der Waals surface area (Å²) >= 11 is 0. The average molecular weight is 359 g/mol. The maximum absolute atomic E-state index is 12.5. The number of Topliss-reactive ketones (excluding diaryl/α,β-unsaturated/α-hetero) is 1. The zero-order chi connectivity index (χ0) is 19.2. The fraction of sp³-hybridized carbons (Fsp3) is 0.381. The molecule has 4 rings (SSSR count). The topological polar surface area (TPSA) is 72.1 Å². The Balaban J connectivity index is 1.85. The van der Waals surface area contributed by atoms with Crippen molar-refractivity contribution in [2.45, 2.75) is 39.0 Å². The van der Waals surface area contributed by atoms with Gasteiger partial charge in [0.1, 0.15) is 0 Å². The van der Waals surface area contributed by atoms with Crippen molar-refractivity contribution in [3.05, 3.63) is 64.7 Å². The number of hydrogen-bond donors (Lipinski definition) is 1. The molecule has 3 atom stereocenters. The highest BCUT2D eigenvalue weighted by Gasteiger charge is 2.49. The van der Waals surface area contributed by atoms with E-state index < -0.39 is 5.41 Å². The Kier molecular flexibility index (Phi) is 4.03. The first-order valence-electron chi connectivity index (χ1n) is 9.13. The number of anilines is 2. The van der Waals surface area contributed by atoms with Crippen LogP contribution in [0.4, 0.5) is 11.6 Å². The number of aromatic nitrogens is 3. The van der Waals surface area contributed by atoms with Crippen molar-refractivity contribution >= 4 is 17.4 Å². The normalized spacial score (nSPS) is 26.4. The smallest absolute Gasteiger partial charge is 0.227 e. The predicted molar refractivity (Wildman–Crippen MR) is 102 cm³/mol. The van der Waals surface area contributed by atoms with Crippen molar-refractivity contribution in [2.24, 2.45) is 11.8 Å². The van der Waals surface area contributed by atoms with Gasteiger partial charge in [-0.2, -0.15) is 0 Å². The standard InChI is InChI=1S/C21H21N5O/c1-12-16-6-5-15-13(2)24-20(25-14-7-9-23-10-8-14)26-19(15)21(16,3)11-17(22-4)18(12)27/h7-12,16H,5-6H2,1-3H3,(H,23,24,25,26)/t12-,16-,21-/m1/s1. The minimum Gasteiger partial charge on any atom is -0.324 e. The SMILES string of the molecule is [C-]#[N+]C1=C[C@@]2(C)c3nc(Nc4ccncc4)nc(C)c3CC[C@@H]2[C@@H](C)C1=O. The van der Waals surface area contributed by atoms with E-state index in [1.54, 1.807) is 12.4 Å². The molecule has 0 bridgehead atoms. The molecule has 0 unspecified atom stereocenters. The van der Waals surface area contributed by atoms with E-state index in [1.165, 1.54) is 0 Å². The van der Waals surface area contributed by atoms with Crippen LogP contribution in [0.2, 0.25) is 0 Å². The lowest BCUT2D eigenvalue weighted by molar-refractivity contribution is -0.121. The van der Waals surface area contributed by atoms with E-state index in [0.29, 0.717) is 5.95 Å². The summed E-state index contributed by atoms with van der Waals surface area (Å²) in [4.78, 5) is 29.5. The molecular weight excluding hydrogens is 338 g/mol. The van der Waals surface area contributed by atoms with Crippen molar-refractivity contribution in [1.29, 1.82) is 0 Å². The maximum atomic E-state index is 12.5. The van der Waals surface area contributed by atoms with E-state index in [4.69, 9.17) is 11.6 Å². The van der Waals surface area contributed by atoms with Gasteiger partial charge in [-0.05, 0) is 43.4 Å². The van der Waals surface area contributed by atoms with E-state index in [1.807, 2.05) is 32.1 Å². The van der Waals surface area contributed by atoms with Gasteiger partial charge in [-0.15, -0.1) is 0 Å². The van der Waals surface area contributed by atoms with Gasteiger partial charge < -0.3 is 10.1 Å². The van der Waals surface area contributed by atoms with Gasteiger partial charge in [0.05, 0.1) is 12.3 Å². The van der Waals surface area contributed by atoms with E-state index in [0.717, 1.165) is 35.5 Å². The van der Waals surface area contributed by atoms with Crippen molar-refractivity contribution in [1.82, 2.24) is 15.0 Å². The molecule has 0 saturated heterocycles. The van der Waals surface area contributed by atoms with Gasteiger partial charge >= 0.3 is 0 Å². The molecule has 0 saturated carbocycles. The molecule has 0 amide bonds. The summed E-state index contributed by atoms with van der Waals surface area (Å²) in [5.74, 6) is 0.452. The second-order valence-electron chi connectivity index (χ2n) is 7.54. The first kappa shape index (κ1) is 17.3. The van der Waals surface area contributed by atoms with Crippen molar-refractivity contribution < 1.29 is 4.79 Å². The number of nitrogens with zero attached hydrogens (tertiary/aromatic N) is 4. The van der Waals surface area contributed by atoms with Crippen LogP contribution >= 0.6 is 0 Å². The molecule has 0 radical (unpaired) electrons. The highest BCUT2D eigenvalue weighted by molar-refractivity contribution is 6.00. The Morgan fingerprint density at radius 1 is 1.30 bits per heavy atom. The van der Waals surface area contributed by atoms with Crippen LogP contribution in [0.15, 0.2) is 36.3 Å². The van der Waals surface area contributed by atoms with E-state index in [9.17, 15) is 4.79 Å². The van der Waals surface area contributed by atoms with Gasteiger partial charge in [-0.25, -0.2) is 14.8 Å². The van der Waals surface area contributed by atoms with Crippen molar-refractivity contribution in [2.75, 3.05) is 5.32 Å². The molecule has 2 aromatic heterocycles. The number of pyridine rings is 1. The van der Waals surface area contributed by atoms with Gasteiger partial charge in [0.2, 0.25) is 11.6 Å². The molecule has 136 valence electrons. The second kappa shape index (κ2) is 6.27. The number of ketones is 1. The molecule has 1 N–H and O–H groups in total. The lowest BCUT2D eigenvalue weighted by Gasteiger charge is -2.46. The number of aryl methyl sites for hydroxylation is 1. The van der Waals surface area contributed by atoms with Crippen LogP contribution in [0.3, 0.4) is 0 Å². The molecule has 6 heteroatoms. The fourth-order valence-electron chi connectivity index (χ4n) is 4.54. The Morgan fingerprint density at radius 2 is 2.04 bits per heavy atom. The first-order valence-corrected chi connectivity index (χ1v) is 9.13. The second-order valence-corrected chi connectivity index (χ2v) is 7.54. The molecular formula is C21H21N5O. The lowest BCUT2D eigenvalue weighted by Crippen LogP contribution is -2.46. The number of hydrogen-bond acceptors (Lipinski definition) is 5. The monoisotopic (exact) mass is 359 g/mol. The summed E-state index contributed by atoms with van der Waals surface area (Å²) in [5.41, 5.74) is 3.67. The molecule has 2 aromatic rings. The first-order chi connectivity index (χ1) is 12.9. The molecule has 6 nitrogen and oxygen atoms in total. The summed E-state index contributed by atoms with van der Waals surface area (Å²) < 4.78 is 0. The van der Waals surface area contributed by atoms with Crippen molar-refractivity contribution in [3.63, 3.8) is 0 Å². The van der Waals surface area contributed by atoms with Gasteiger partial charge in [0.15, 0.2) is 5.78 Å². The molecule has 0 aromatic carbocycles. The van der Waals surface area contributed by atoms with Crippen LogP contribution in [-0.4, -0.2) is 20.7 Å². The largest absolute Gasteiger partial charge is 0.324 e. The van der Waals surface area contributed by atoms with Crippen molar-refractivity contribution in [3.8, 4) is 0 Å². The van der Waals surface area contributed by atoms with Gasteiger partial charge in [-0.3, -0.25) is 4.98 Å². The van der Waals surface area contributed by atoms with E-state index >= 15 is 0 Å². The van der Waals surface area contributed by atoms with E-state index in [-0.39, 0.29) is 23.3 Å². The lowest BCUT2D eigenvalue weighted by atomic mass is 9.58. The molecule has 0 aliphatic heterocycles. The van der Waals surface area contributed by atoms with Crippen LogP contribution in [0.1, 0.15) is 37.2 Å². The van der Waals surface area contributed by atoms with E-state index in [2.05, 4.69) is 27.1 Å². The highest BCUT2D eigenvalue weighted by atomic mass is 16.1. The Morgan fingerprint density at radius 3 is 2.74 bits per heavy atom. The van der Waals surface area contributed by atoms with Gasteiger partial charge in [0.25, 0.3) is 0 Å². The zero-order valence-corrected chi connectivity index (χ0v) is 15.7. The summed E-state index contributed by atoms with van der Waals surface area (Å²) in [6, 6.07) is 3.72. The minimum absolute atomic E-state index is 0.0446. The molecule has 0 fully saturated rings. The van der Waals surface area contributed by atoms with Crippen LogP contribution in [0, 0.1) is 25.3 Å². The Labute approximate surface area is 158 Å². The van der Waals surface area contributed by atoms with Gasteiger partial charge in [0, 0.05) is 35.1 Å². The van der Waals surface area contributed by atoms with Gasteiger partial charge in [-0.1, -0.05) is 19.9 Å². The molecule has 0 spiro atoms. The number of allylic oxidation sites excluding steroid dienone is 2. The highest BCUT2D eigenvalue weighted by Crippen LogP contribution is 2.49. The zero-order valence-electron chi connectivity index (χ0n) is 15.7. The average Bonchev–Trinajstić information content (AvgIpc) is 2.66. The third-order valence-corrected chi connectivity index (χ3v) is 5.96. The molecule has 2 heterocycles. The quantitative estimate of drug-likeness (QED) is 0.827. The predicted octanol–water partition coefficient (Wildman–Crippen LogP) is 3.77. The Bertz CT molecular complexity index is 992. The number of carbonyl (C=O) groups is 1. The van der Waals surface area contributed by atoms with Crippen LogP contribution in [-0.2, 0) is 16.6 Å². The summed E-state index contributed by atoms with van der Waals surface area (Å²) in [6.45, 7) is 13.5. The number of carbonyl (C=O) groups excluding carboxylic acids is 1. The summed E-state index contributed by atoms with van der Waals surface area (Å²) in [7, 11) is 0. The van der Waals surface area contributed by atoms with Crippen LogP contribution in [0.5, 0.6) is 0 Å². The minimum atomic E-state index is -0.441. The molecule has 2 aliphatic carbocycles.